The summed E-state index contributed by atoms with van der Waals surface area (Å²) in [5, 5.41) is 21.8. The van der Waals surface area contributed by atoms with E-state index in [1.807, 2.05) is 13.8 Å². The van der Waals surface area contributed by atoms with Crippen LogP contribution in [-0.4, -0.2) is 39.3 Å². The molecule has 40 heavy (non-hydrogen) atoms. The number of carbonyl (C=O) groups excluding carboxylic acids is 3. The summed E-state index contributed by atoms with van der Waals surface area (Å²) in [7, 11) is 0. The number of anilines is 1. The number of nitrogens with zero attached hydrogens (tertiary/aromatic N) is 3. The highest BCUT2D eigenvalue weighted by atomic mass is 19.4. The lowest BCUT2D eigenvalue weighted by Crippen LogP contribution is -2.30. The Morgan fingerprint density at radius 3 is 2.20 bits per heavy atom. The van der Waals surface area contributed by atoms with Crippen LogP contribution in [0, 0.1) is 0 Å². The molecule has 1 fully saturated rings. The van der Waals surface area contributed by atoms with Crippen LogP contribution in [0.4, 0.5) is 19.0 Å². The number of aromatic nitrogens is 2. The molecule has 0 bridgehead atoms. The van der Waals surface area contributed by atoms with Crippen LogP contribution in [0.25, 0.3) is 5.76 Å². The van der Waals surface area contributed by atoms with Crippen molar-refractivity contribution in [1.29, 1.82) is 0 Å². The van der Waals surface area contributed by atoms with Crippen LogP contribution >= 0.6 is 0 Å². The van der Waals surface area contributed by atoms with Gasteiger partial charge in [0.05, 0.1) is 23.9 Å². The van der Waals surface area contributed by atoms with Crippen molar-refractivity contribution in [2.75, 3.05) is 4.90 Å². The SMILES string of the molecule is CC(=O)NCc1ccc(N2C(=O)C(=O)/C(=C(/O)c3ccc(C(C)C)cc3)C2c2ccc(OC(F)(F)F)cc2)nn1. The fourth-order valence-corrected chi connectivity index (χ4v) is 4.21. The molecule has 1 unspecified atom stereocenters. The average Bonchev–Trinajstić information content (AvgIpc) is 3.17. The Morgan fingerprint density at radius 2 is 1.68 bits per heavy atom. The summed E-state index contributed by atoms with van der Waals surface area (Å²) in [6.07, 6.45) is -4.91. The van der Waals surface area contributed by atoms with Gasteiger partial charge >= 0.3 is 12.3 Å². The third-order valence-corrected chi connectivity index (χ3v) is 6.20. The lowest BCUT2D eigenvalue weighted by Gasteiger charge is -2.24. The minimum absolute atomic E-state index is 0.0384. The number of hydrogen-bond acceptors (Lipinski definition) is 7. The first-order valence-corrected chi connectivity index (χ1v) is 12.2. The van der Waals surface area contributed by atoms with E-state index in [1.165, 1.54) is 31.2 Å². The van der Waals surface area contributed by atoms with E-state index in [1.54, 1.807) is 24.3 Å². The number of ketones is 1. The van der Waals surface area contributed by atoms with Gasteiger partial charge in [-0.05, 0) is 41.3 Å². The van der Waals surface area contributed by atoms with Gasteiger partial charge in [0.15, 0.2) is 5.82 Å². The van der Waals surface area contributed by atoms with Gasteiger partial charge in [0.25, 0.3) is 5.78 Å². The molecular weight excluding hydrogens is 529 g/mol. The summed E-state index contributed by atoms with van der Waals surface area (Å²) in [6.45, 7) is 5.41. The van der Waals surface area contributed by atoms with Crippen molar-refractivity contribution < 1.29 is 37.4 Å². The van der Waals surface area contributed by atoms with Crippen LogP contribution in [0.3, 0.4) is 0 Å². The molecule has 2 N–H and O–H groups in total. The van der Waals surface area contributed by atoms with Crippen LogP contribution in [0.5, 0.6) is 5.75 Å². The molecule has 0 saturated carbocycles. The number of alkyl halides is 3. The maximum Gasteiger partial charge on any atom is 0.573 e. The number of aliphatic hydroxyl groups is 1. The minimum atomic E-state index is -4.91. The van der Waals surface area contributed by atoms with Crippen molar-refractivity contribution in [1.82, 2.24) is 15.5 Å². The lowest BCUT2D eigenvalue weighted by molar-refractivity contribution is -0.274. The molecule has 208 valence electrons. The molecule has 3 aromatic rings. The van der Waals surface area contributed by atoms with Crippen molar-refractivity contribution in [3.8, 4) is 5.75 Å². The van der Waals surface area contributed by atoms with E-state index >= 15 is 0 Å². The number of ether oxygens (including phenoxy) is 1. The lowest BCUT2D eigenvalue weighted by atomic mass is 9.94. The number of carbonyl (C=O) groups is 3. The molecule has 0 spiro atoms. The van der Waals surface area contributed by atoms with Gasteiger partial charge in [0.2, 0.25) is 5.91 Å². The number of amides is 2. The first-order chi connectivity index (χ1) is 18.9. The van der Waals surface area contributed by atoms with E-state index in [2.05, 4.69) is 20.3 Å². The van der Waals surface area contributed by atoms with E-state index in [-0.39, 0.29) is 40.9 Å². The molecule has 4 rings (SSSR count). The second kappa shape index (κ2) is 11.2. The number of nitrogens with one attached hydrogen (secondary N) is 1. The Hall–Kier alpha value is -4.74. The Morgan fingerprint density at radius 1 is 1.02 bits per heavy atom. The van der Waals surface area contributed by atoms with Crippen molar-refractivity contribution >= 4 is 29.2 Å². The highest BCUT2D eigenvalue weighted by molar-refractivity contribution is 6.51. The van der Waals surface area contributed by atoms with E-state index in [0.29, 0.717) is 5.69 Å². The van der Waals surface area contributed by atoms with Gasteiger partial charge in [0, 0.05) is 12.5 Å². The predicted octanol–water partition coefficient (Wildman–Crippen LogP) is 4.76. The smallest absolute Gasteiger partial charge is 0.507 e. The van der Waals surface area contributed by atoms with Gasteiger partial charge in [-0.25, -0.2) is 0 Å². The van der Waals surface area contributed by atoms with Crippen molar-refractivity contribution in [2.45, 2.75) is 45.6 Å². The number of aliphatic hydroxyl groups excluding tert-OH is 1. The highest BCUT2D eigenvalue weighted by Crippen LogP contribution is 2.42. The average molecular weight is 555 g/mol. The minimum Gasteiger partial charge on any atom is -0.507 e. The zero-order chi connectivity index (χ0) is 29.2. The molecule has 0 radical (unpaired) electrons. The van der Waals surface area contributed by atoms with Crippen LogP contribution in [-0.2, 0) is 20.9 Å². The monoisotopic (exact) mass is 554 g/mol. The zero-order valence-electron chi connectivity index (χ0n) is 21.7. The fourth-order valence-electron chi connectivity index (χ4n) is 4.21. The number of halogens is 3. The number of Topliss-reactive ketones (excluding diaryl/α,β-unsaturated/α-hetero) is 1. The summed E-state index contributed by atoms with van der Waals surface area (Å²) < 4.78 is 42.0. The summed E-state index contributed by atoms with van der Waals surface area (Å²) in [6, 6.07) is 13.1. The first-order valence-electron chi connectivity index (χ1n) is 12.2. The summed E-state index contributed by atoms with van der Waals surface area (Å²) in [5.41, 5.74) is 1.60. The summed E-state index contributed by atoms with van der Waals surface area (Å²) in [5.74, 6) is -3.07. The normalized spacial score (nSPS) is 16.9. The molecule has 2 heterocycles. The van der Waals surface area contributed by atoms with Crippen molar-refractivity contribution in [3.63, 3.8) is 0 Å². The van der Waals surface area contributed by atoms with Crippen LogP contribution in [0.15, 0.2) is 66.2 Å². The molecule has 0 aliphatic carbocycles. The van der Waals surface area contributed by atoms with Gasteiger partial charge < -0.3 is 15.2 Å². The summed E-state index contributed by atoms with van der Waals surface area (Å²) >= 11 is 0. The standard InChI is InChI=1S/C28H25F3N4O5/c1-15(2)17-4-6-19(7-5-17)25(37)23-24(18-8-11-21(12-9-18)40-28(29,30)31)35(27(39)26(23)38)22-13-10-20(33-34-22)14-32-16(3)36/h4-13,15,24,37H,14H2,1-3H3,(H,32,36)/b25-23+. The Balaban J connectivity index is 1.81. The first kappa shape index (κ1) is 28.3. The van der Waals surface area contributed by atoms with Crippen molar-refractivity contribution in [2.24, 2.45) is 0 Å². The van der Waals surface area contributed by atoms with Gasteiger partial charge in [-0.2, -0.15) is 5.10 Å². The van der Waals surface area contributed by atoms with E-state index in [9.17, 15) is 32.7 Å². The molecule has 1 atom stereocenters. The van der Waals surface area contributed by atoms with Gasteiger partial charge in [0.1, 0.15) is 11.5 Å². The Bertz CT molecular complexity index is 1450. The fraction of sp³-hybridized carbons (Fsp3) is 0.250. The largest absolute Gasteiger partial charge is 0.573 e. The molecule has 2 aromatic carbocycles. The predicted molar refractivity (Wildman–Crippen MR) is 138 cm³/mol. The van der Waals surface area contributed by atoms with Crippen LogP contribution in [0.1, 0.15) is 55.1 Å². The second-order valence-electron chi connectivity index (χ2n) is 9.36. The highest BCUT2D eigenvalue weighted by Gasteiger charge is 2.47. The van der Waals surface area contributed by atoms with Gasteiger partial charge in [-0.1, -0.05) is 50.2 Å². The van der Waals surface area contributed by atoms with Gasteiger partial charge in [-0.15, -0.1) is 18.3 Å². The van der Waals surface area contributed by atoms with E-state index in [4.69, 9.17) is 0 Å². The molecule has 1 aromatic heterocycles. The molecule has 9 nitrogen and oxygen atoms in total. The Labute approximate surface area is 227 Å². The van der Waals surface area contributed by atoms with E-state index in [0.717, 1.165) is 22.6 Å². The molecular formula is C28H25F3N4O5. The second-order valence-corrected chi connectivity index (χ2v) is 9.36. The van der Waals surface area contributed by atoms with E-state index < -0.39 is 35.6 Å². The van der Waals surface area contributed by atoms with Gasteiger partial charge in [-0.3, -0.25) is 19.3 Å². The summed E-state index contributed by atoms with van der Waals surface area (Å²) in [4.78, 5) is 38.8. The molecule has 1 saturated heterocycles. The van der Waals surface area contributed by atoms with Crippen LogP contribution in [0.2, 0.25) is 0 Å². The van der Waals surface area contributed by atoms with Crippen LogP contribution < -0.4 is 15.0 Å². The van der Waals surface area contributed by atoms with Crippen molar-refractivity contribution in [3.05, 3.63) is 88.6 Å². The molecule has 1 aliphatic rings. The molecule has 1 aliphatic heterocycles. The maximum absolute atomic E-state index is 13.3. The quantitative estimate of drug-likeness (QED) is 0.245. The Kier molecular flexibility index (Phi) is 7.89. The third-order valence-electron chi connectivity index (χ3n) is 6.20. The third kappa shape index (κ3) is 6.11. The number of rotatable bonds is 7. The number of benzene rings is 2. The number of hydrogen-bond donors (Lipinski definition) is 2. The topological polar surface area (TPSA) is 122 Å². The molecule has 2 amide bonds. The zero-order valence-corrected chi connectivity index (χ0v) is 21.7. The maximum atomic E-state index is 13.3. The molecule has 12 heteroatoms.